The zero-order valence-corrected chi connectivity index (χ0v) is 18.0. The number of piperazine rings is 1. The van der Waals surface area contributed by atoms with E-state index in [4.69, 9.17) is 0 Å². The van der Waals surface area contributed by atoms with E-state index in [-0.39, 0.29) is 23.3 Å². The topological polar surface area (TPSA) is 111 Å². The number of alkyl halides is 3. The highest BCUT2D eigenvalue weighted by molar-refractivity contribution is 5.82. The van der Waals surface area contributed by atoms with Crippen LogP contribution < -0.4 is 10.5 Å². The van der Waals surface area contributed by atoms with Gasteiger partial charge < -0.3 is 9.80 Å². The monoisotopic (exact) mass is 474 g/mol. The molecule has 0 spiro atoms. The molecule has 0 unspecified atom stereocenters. The molecular weight excluding hydrogens is 453 g/mol. The van der Waals surface area contributed by atoms with Gasteiger partial charge >= 0.3 is 6.18 Å². The third kappa shape index (κ3) is 4.30. The number of aromatic nitrogens is 5. The lowest BCUT2D eigenvalue weighted by atomic mass is 9.97. The molecule has 2 aliphatic rings. The number of nitrogens with zero attached hydrogens (tertiary/aromatic N) is 7. The number of amides is 1. The average molecular weight is 474 g/mol. The Kier molecular flexibility index (Phi) is 5.63. The van der Waals surface area contributed by atoms with Crippen LogP contribution in [-0.4, -0.2) is 80.1 Å². The lowest BCUT2D eigenvalue weighted by Crippen LogP contribution is -2.57. The zero-order valence-electron chi connectivity index (χ0n) is 18.0. The van der Waals surface area contributed by atoms with Gasteiger partial charge in [-0.05, 0) is 6.07 Å². The minimum Gasteiger partial charge on any atom is -0.339 e. The van der Waals surface area contributed by atoms with Gasteiger partial charge in [-0.2, -0.15) is 18.3 Å². The molecule has 10 nitrogen and oxygen atoms in total. The molecule has 0 aromatic carbocycles. The van der Waals surface area contributed by atoms with Gasteiger partial charge in [-0.3, -0.25) is 19.5 Å². The number of pyridine rings is 1. The summed E-state index contributed by atoms with van der Waals surface area (Å²) in [6.07, 6.45) is 0.259. The maximum Gasteiger partial charge on any atom is 0.419 e. The van der Waals surface area contributed by atoms with E-state index in [1.807, 2.05) is 0 Å². The summed E-state index contributed by atoms with van der Waals surface area (Å²) in [6, 6.07) is 1.65. The Morgan fingerprint density at radius 2 is 1.76 bits per heavy atom. The number of H-pyrrole nitrogens is 1. The van der Waals surface area contributed by atoms with Crippen molar-refractivity contribution in [2.75, 3.05) is 44.2 Å². The third-order valence-corrected chi connectivity index (χ3v) is 6.19. The first kappa shape index (κ1) is 22.2. The standard InChI is InChI=1S/C21H21F3N8O2/c22-21(23,24)14-7-26-20(27-8-14)32-5-3-31(4-6-32)19(34)13-10-30(11-13)12-17-16-9-25-2-1-15(16)18(33)29-28-17/h1-2,7-9,13H,3-6,10-12H2,(H,29,33). The Bertz CT molecular complexity index is 1250. The largest absolute Gasteiger partial charge is 0.419 e. The molecule has 5 rings (SSSR count). The van der Waals surface area contributed by atoms with E-state index in [1.165, 1.54) is 0 Å². The molecule has 2 aliphatic heterocycles. The van der Waals surface area contributed by atoms with E-state index in [0.29, 0.717) is 62.3 Å². The smallest absolute Gasteiger partial charge is 0.339 e. The second-order valence-corrected chi connectivity index (χ2v) is 8.39. The van der Waals surface area contributed by atoms with Gasteiger partial charge in [0.1, 0.15) is 0 Å². The lowest BCUT2D eigenvalue weighted by Gasteiger charge is -2.42. The van der Waals surface area contributed by atoms with Crippen LogP contribution in [0.15, 0.2) is 35.6 Å². The Balaban J connectivity index is 1.13. The Morgan fingerprint density at radius 3 is 2.44 bits per heavy atom. The summed E-state index contributed by atoms with van der Waals surface area (Å²) < 4.78 is 38.1. The summed E-state index contributed by atoms with van der Waals surface area (Å²) >= 11 is 0. The molecule has 0 radical (unpaired) electrons. The molecule has 5 heterocycles. The van der Waals surface area contributed by atoms with Crippen molar-refractivity contribution in [2.24, 2.45) is 5.92 Å². The van der Waals surface area contributed by atoms with Crippen molar-refractivity contribution < 1.29 is 18.0 Å². The molecule has 0 bridgehead atoms. The highest BCUT2D eigenvalue weighted by atomic mass is 19.4. The molecule has 3 aromatic rings. The van der Waals surface area contributed by atoms with Crippen LogP contribution in [0.5, 0.6) is 0 Å². The highest BCUT2D eigenvalue weighted by Crippen LogP contribution is 2.28. The van der Waals surface area contributed by atoms with Gasteiger partial charge in [-0.25, -0.2) is 15.1 Å². The van der Waals surface area contributed by atoms with Gasteiger partial charge in [0.15, 0.2) is 0 Å². The number of carbonyl (C=O) groups excluding carboxylic acids is 1. The number of anilines is 1. The highest BCUT2D eigenvalue weighted by Gasteiger charge is 2.37. The number of fused-ring (bicyclic) bond motifs is 1. The minimum atomic E-state index is -4.47. The predicted molar refractivity (Wildman–Crippen MR) is 115 cm³/mol. The Labute approximate surface area is 191 Å². The normalized spacial score (nSPS) is 17.7. The predicted octanol–water partition coefficient (Wildman–Crippen LogP) is 0.907. The van der Waals surface area contributed by atoms with Crippen LogP contribution in [0, 0.1) is 5.92 Å². The van der Waals surface area contributed by atoms with Gasteiger partial charge in [0.2, 0.25) is 11.9 Å². The van der Waals surface area contributed by atoms with E-state index in [1.54, 1.807) is 28.3 Å². The van der Waals surface area contributed by atoms with Crippen molar-refractivity contribution in [3.8, 4) is 0 Å². The molecule has 34 heavy (non-hydrogen) atoms. The molecule has 0 atom stereocenters. The number of rotatable bonds is 4. The molecule has 2 saturated heterocycles. The zero-order chi connectivity index (χ0) is 23.9. The molecule has 1 amide bonds. The quantitative estimate of drug-likeness (QED) is 0.594. The molecule has 0 aliphatic carbocycles. The fourth-order valence-electron chi connectivity index (χ4n) is 4.26. The number of nitrogens with one attached hydrogen (secondary N) is 1. The average Bonchev–Trinajstić information content (AvgIpc) is 2.82. The van der Waals surface area contributed by atoms with Gasteiger partial charge in [0, 0.05) is 76.0 Å². The molecule has 178 valence electrons. The maximum absolute atomic E-state index is 12.9. The fraction of sp³-hybridized carbons (Fsp3) is 0.429. The van der Waals surface area contributed by atoms with E-state index < -0.39 is 11.7 Å². The van der Waals surface area contributed by atoms with Gasteiger partial charge in [0.05, 0.1) is 22.6 Å². The Morgan fingerprint density at radius 1 is 1.06 bits per heavy atom. The molecule has 13 heteroatoms. The molecule has 3 aromatic heterocycles. The van der Waals surface area contributed by atoms with Crippen molar-refractivity contribution in [3.05, 3.63) is 52.5 Å². The van der Waals surface area contributed by atoms with E-state index in [0.717, 1.165) is 12.4 Å². The molecular formula is C21H21F3N8O2. The first-order valence-corrected chi connectivity index (χ1v) is 10.8. The maximum atomic E-state index is 12.9. The van der Waals surface area contributed by atoms with Crippen molar-refractivity contribution in [1.82, 2.24) is 34.9 Å². The second-order valence-electron chi connectivity index (χ2n) is 8.39. The molecule has 1 N–H and O–H groups in total. The first-order chi connectivity index (χ1) is 16.3. The number of likely N-dealkylation sites (tertiary alicyclic amines) is 1. The fourth-order valence-corrected chi connectivity index (χ4v) is 4.26. The van der Waals surface area contributed by atoms with Crippen LogP contribution in [-0.2, 0) is 17.5 Å². The van der Waals surface area contributed by atoms with E-state index in [9.17, 15) is 22.8 Å². The molecule has 0 saturated carbocycles. The summed E-state index contributed by atoms with van der Waals surface area (Å²) in [5.74, 6) is 0.163. The number of aromatic amines is 1. The number of hydrogen-bond donors (Lipinski definition) is 1. The summed E-state index contributed by atoms with van der Waals surface area (Å²) in [7, 11) is 0. The van der Waals surface area contributed by atoms with Crippen molar-refractivity contribution >= 4 is 22.6 Å². The summed E-state index contributed by atoms with van der Waals surface area (Å²) in [6.45, 7) is 3.49. The first-order valence-electron chi connectivity index (χ1n) is 10.8. The number of carbonyl (C=O) groups is 1. The van der Waals surface area contributed by atoms with Crippen LogP contribution in [0.3, 0.4) is 0 Å². The van der Waals surface area contributed by atoms with E-state index >= 15 is 0 Å². The van der Waals surface area contributed by atoms with Gasteiger partial charge in [-0.1, -0.05) is 0 Å². The van der Waals surface area contributed by atoms with Gasteiger partial charge in [-0.15, -0.1) is 0 Å². The van der Waals surface area contributed by atoms with Crippen LogP contribution in [0.25, 0.3) is 10.8 Å². The van der Waals surface area contributed by atoms with E-state index in [2.05, 4.69) is 30.0 Å². The van der Waals surface area contributed by atoms with Crippen LogP contribution >= 0.6 is 0 Å². The summed E-state index contributed by atoms with van der Waals surface area (Å²) in [5.41, 5.74) is -0.446. The Hall–Kier alpha value is -3.61. The number of hydrogen-bond acceptors (Lipinski definition) is 8. The van der Waals surface area contributed by atoms with Gasteiger partial charge in [0.25, 0.3) is 5.56 Å². The third-order valence-electron chi connectivity index (χ3n) is 6.19. The van der Waals surface area contributed by atoms with Crippen LogP contribution in [0.4, 0.5) is 19.1 Å². The van der Waals surface area contributed by atoms with Crippen molar-refractivity contribution in [3.63, 3.8) is 0 Å². The summed E-state index contributed by atoms with van der Waals surface area (Å²) in [5, 5.41) is 7.88. The van der Waals surface area contributed by atoms with Crippen molar-refractivity contribution in [2.45, 2.75) is 12.7 Å². The van der Waals surface area contributed by atoms with Crippen LogP contribution in [0.1, 0.15) is 11.3 Å². The lowest BCUT2D eigenvalue weighted by molar-refractivity contribution is -0.141. The molecule has 2 fully saturated rings. The summed E-state index contributed by atoms with van der Waals surface area (Å²) in [4.78, 5) is 42.2. The van der Waals surface area contributed by atoms with Crippen molar-refractivity contribution in [1.29, 1.82) is 0 Å². The second kappa shape index (κ2) is 8.63. The number of halogens is 3. The van der Waals surface area contributed by atoms with Crippen LogP contribution in [0.2, 0.25) is 0 Å². The minimum absolute atomic E-state index is 0.0604. The SMILES string of the molecule is O=C(C1CN(Cc2n[nH]c(=O)c3ccncc23)C1)N1CCN(c2ncc(C(F)(F)F)cn2)CC1.